The molecule has 5 heteroatoms. The average Bonchev–Trinajstić information content (AvgIpc) is 2.28. The molecule has 1 unspecified atom stereocenters. The van der Waals surface area contributed by atoms with Crippen LogP contribution in [0.15, 0.2) is 12.1 Å². The van der Waals surface area contributed by atoms with Crippen molar-refractivity contribution in [1.82, 2.24) is 10.9 Å². The summed E-state index contributed by atoms with van der Waals surface area (Å²) in [7, 11) is 3.25. The normalized spacial score (nSPS) is 12.1. The minimum atomic E-state index is -0.382. The zero-order chi connectivity index (χ0) is 13.7. The van der Waals surface area contributed by atoms with Gasteiger partial charge in [-0.15, -0.1) is 0 Å². The molecule has 0 aromatic heterocycles. The van der Waals surface area contributed by atoms with Crippen molar-refractivity contribution in [1.29, 1.82) is 0 Å². The Morgan fingerprint density at radius 1 is 1.44 bits per heavy atom. The highest BCUT2D eigenvalue weighted by Crippen LogP contribution is 2.30. The molecule has 18 heavy (non-hydrogen) atoms. The summed E-state index contributed by atoms with van der Waals surface area (Å²) in [6, 6.07) is 3.61. The molecule has 0 aliphatic carbocycles. The van der Waals surface area contributed by atoms with Crippen LogP contribution in [0, 0.1) is 13.8 Å². The highest BCUT2D eigenvalue weighted by molar-refractivity contribution is 5.76. The Kier molecular flexibility index (Phi) is 5.12. The number of methoxy groups -OCH3 is 1. The van der Waals surface area contributed by atoms with E-state index in [1.54, 1.807) is 14.2 Å². The van der Waals surface area contributed by atoms with Gasteiger partial charge in [-0.05, 0) is 19.4 Å². The van der Waals surface area contributed by atoms with Crippen LogP contribution in [0.5, 0.6) is 5.75 Å². The van der Waals surface area contributed by atoms with Crippen molar-refractivity contribution < 1.29 is 9.53 Å². The lowest BCUT2D eigenvalue weighted by atomic mass is 9.98. The third-order valence-electron chi connectivity index (χ3n) is 2.72. The fourth-order valence-electron chi connectivity index (χ4n) is 2.04. The molecule has 0 saturated carbocycles. The fourth-order valence-corrected chi connectivity index (χ4v) is 2.04. The molecule has 0 aliphatic heterocycles. The van der Waals surface area contributed by atoms with Crippen LogP contribution in [0.2, 0.25) is 0 Å². The molecule has 0 heterocycles. The summed E-state index contributed by atoms with van der Waals surface area (Å²) >= 11 is 0. The first kappa shape index (κ1) is 14.5. The van der Waals surface area contributed by atoms with Gasteiger partial charge >= 0.3 is 0 Å². The largest absolute Gasteiger partial charge is 0.496 e. The van der Waals surface area contributed by atoms with Gasteiger partial charge in [0.25, 0.3) is 0 Å². The minimum absolute atomic E-state index is 0.147. The minimum Gasteiger partial charge on any atom is -0.496 e. The Morgan fingerprint density at radius 2 is 2.11 bits per heavy atom. The first-order chi connectivity index (χ1) is 8.49. The summed E-state index contributed by atoms with van der Waals surface area (Å²) < 4.78 is 5.37. The van der Waals surface area contributed by atoms with E-state index in [2.05, 4.69) is 10.9 Å². The predicted octanol–water partition coefficient (Wildman–Crippen LogP) is 0.953. The maximum Gasteiger partial charge on any atom is 0.235 e. The number of aryl methyl sites for hydroxylation is 2. The first-order valence-corrected chi connectivity index (χ1v) is 5.86. The van der Waals surface area contributed by atoms with Gasteiger partial charge in [-0.25, -0.2) is 5.43 Å². The molecule has 0 spiro atoms. The lowest BCUT2D eigenvalue weighted by Gasteiger charge is -2.18. The van der Waals surface area contributed by atoms with Gasteiger partial charge in [-0.3, -0.25) is 10.2 Å². The molecule has 0 bridgehead atoms. The predicted molar refractivity (Wildman–Crippen MR) is 71.2 cm³/mol. The summed E-state index contributed by atoms with van der Waals surface area (Å²) in [6.07, 6.45) is 0.208. The Labute approximate surface area is 108 Å². The van der Waals surface area contributed by atoms with Gasteiger partial charge in [-0.1, -0.05) is 17.7 Å². The topological polar surface area (TPSA) is 76.4 Å². The number of ether oxygens (including phenoxy) is 1. The van der Waals surface area contributed by atoms with E-state index in [0.717, 1.165) is 22.4 Å². The van der Waals surface area contributed by atoms with Gasteiger partial charge in [0.2, 0.25) is 5.91 Å². The van der Waals surface area contributed by atoms with E-state index in [4.69, 9.17) is 10.5 Å². The van der Waals surface area contributed by atoms with E-state index >= 15 is 0 Å². The number of hydrogen-bond donors (Lipinski definition) is 3. The number of rotatable bonds is 5. The van der Waals surface area contributed by atoms with Crippen LogP contribution in [0.4, 0.5) is 0 Å². The molecule has 1 aromatic rings. The monoisotopic (exact) mass is 251 g/mol. The second kappa shape index (κ2) is 6.37. The lowest BCUT2D eigenvalue weighted by molar-refractivity contribution is -0.122. The fraction of sp³-hybridized carbons (Fsp3) is 0.462. The highest BCUT2D eigenvalue weighted by atomic mass is 16.5. The third-order valence-corrected chi connectivity index (χ3v) is 2.72. The molecule has 0 saturated heterocycles. The third kappa shape index (κ3) is 3.45. The Morgan fingerprint density at radius 3 is 2.67 bits per heavy atom. The van der Waals surface area contributed by atoms with Crippen molar-refractivity contribution in [3.8, 4) is 5.75 Å². The summed E-state index contributed by atoms with van der Waals surface area (Å²) in [5.41, 5.74) is 14.2. The summed E-state index contributed by atoms with van der Waals surface area (Å²) in [5.74, 6) is 0.608. The maximum atomic E-state index is 11.5. The summed E-state index contributed by atoms with van der Waals surface area (Å²) in [5, 5.41) is 0. The van der Waals surface area contributed by atoms with E-state index in [9.17, 15) is 4.79 Å². The lowest BCUT2D eigenvalue weighted by Crippen LogP contribution is -2.36. The van der Waals surface area contributed by atoms with E-state index in [1.165, 1.54) is 0 Å². The Hall–Kier alpha value is -1.59. The highest BCUT2D eigenvalue weighted by Gasteiger charge is 2.17. The van der Waals surface area contributed by atoms with Crippen LogP contribution in [0.3, 0.4) is 0 Å². The molecule has 0 aliphatic rings. The van der Waals surface area contributed by atoms with Gasteiger partial charge in [-0.2, -0.15) is 0 Å². The molecular weight excluding hydrogens is 230 g/mol. The Balaban J connectivity index is 2.97. The number of hydrogen-bond acceptors (Lipinski definition) is 4. The Bertz CT molecular complexity index is 432. The zero-order valence-electron chi connectivity index (χ0n) is 11.3. The van der Waals surface area contributed by atoms with Crippen molar-refractivity contribution in [3.63, 3.8) is 0 Å². The van der Waals surface area contributed by atoms with Crippen molar-refractivity contribution in [2.24, 2.45) is 5.73 Å². The van der Waals surface area contributed by atoms with Crippen LogP contribution in [0.25, 0.3) is 0 Å². The smallest absolute Gasteiger partial charge is 0.235 e. The van der Waals surface area contributed by atoms with Crippen molar-refractivity contribution in [3.05, 3.63) is 28.8 Å². The first-order valence-electron chi connectivity index (χ1n) is 5.86. The summed E-state index contributed by atoms with van der Waals surface area (Å²) in [6.45, 7) is 3.96. The van der Waals surface area contributed by atoms with E-state index in [0.29, 0.717) is 0 Å². The molecule has 4 N–H and O–H groups in total. The van der Waals surface area contributed by atoms with E-state index < -0.39 is 0 Å². The van der Waals surface area contributed by atoms with Crippen molar-refractivity contribution in [2.45, 2.75) is 26.3 Å². The number of nitrogens with two attached hydrogens (primary N) is 1. The number of hydrazine groups is 1. The molecule has 100 valence electrons. The van der Waals surface area contributed by atoms with Crippen LogP contribution in [-0.2, 0) is 4.79 Å². The van der Waals surface area contributed by atoms with Gasteiger partial charge in [0.05, 0.1) is 7.11 Å². The molecule has 0 radical (unpaired) electrons. The van der Waals surface area contributed by atoms with E-state index in [1.807, 2.05) is 26.0 Å². The molecule has 1 aromatic carbocycles. The van der Waals surface area contributed by atoms with Gasteiger partial charge in [0.15, 0.2) is 0 Å². The molecule has 1 amide bonds. The number of carbonyl (C=O) groups excluding carboxylic acids is 1. The average molecular weight is 251 g/mol. The number of benzene rings is 1. The quantitative estimate of drug-likeness (QED) is 0.681. The number of amides is 1. The van der Waals surface area contributed by atoms with Crippen LogP contribution < -0.4 is 21.3 Å². The van der Waals surface area contributed by atoms with Crippen LogP contribution in [0.1, 0.15) is 29.2 Å². The molecular formula is C13H21N3O2. The van der Waals surface area contributed by atoms with Crippen LogP contribution >= 0.6 is 0 Å². The summed E-state index contributed by atoms with van der Waals surface area (Å²) in [4.78, 5) is 11.5. The van der Waals surface area contributed by atoms with Crippen molar-refractivity contribution in [2.75, 3.05) is 14.2 Å². The molecule has 5 nitrogen and oxygen atoms in total. The molecule has 1 rings (SSSR count). The maximum absolute atomic E-state index is 11.5. The standard InChI is InChI=1S/C13H21N3O2/c1-8-5-9(2)13(18-4)10(6-8)11(14)7-12(17)16-15-3/h5-6,11,15H,7,14H2,1-4H3,(H,16,17). The van der Waals surface area contributed by atoms with Crippen LogP contribution in [-0.4, -0.2) is 20.1 Å². The van der Waals surface area contributed by atoms with Crippen molar-refractivity contribution >= 4 is 5.91 Å². The second-order valence-corrected chi connectivity index (χ2v) is 4.31. The van der Waals surface area contributed by atoms with Gasteiger partial charge in [0, 0.05) is 25.1 Å². The number of nitrogens with one attached hydrogen (secondary N) is 2. The van der Waals surface area contributed by atoms with E-state index in [-0.39, 0.29) is 18.4 Å². The van der Waals surface area contributed by atoms with Gasteiger partial charge in [0.1, 0.15) is 5.75 Å². The number of carbonyl (C=O) groups is 1. The zero-order valence-corrected chi connectivity index (χ0v) is 11.3. The molecule has 0 fully saturated rings. The second-order valence-electron chi connectivity index (χ2n) is 4.31. The van der Waals surface area contributed by atoms with Gasteiger partial charge < -0.3 is 10.5 Å². The molecule has 1 atom stereocenters. The SMILES string of the molecule is CNNC(=O)CC(N)c1cc(C)cc(C)c1OC.